The van der Waals surface area contributed by atoms with Gasteiger partial charge in [0.1, 0.15) is 25.7 Å². The molecule has 5 rings (SSSR count). The number of nitrogens with zero attached hydrogens (tertiary/aromatic N) is 4. The van der Waals surface area contributed by atoms with Gasteiger partial charge in [0.25, 0.3) is 0 Å². The fraction of sp³-hybridized carbons (Fsp3) is 0.0741. The van der Waals surface area contributed by atoms with Crippen molar-refractivity contribution in [3.05, 3.63) is 109 Å². The number of aromatic nitrogens is 3. The number of fused-ring (bicyclic) bond motifs is 1. The van der Waals surface area contributed by atoms with Crippen LogP contribution in [0.25, 0.3) is 22.2 Å². The van der Waals surface area contributed by atoms with Gasteiger partial charge in [-0.3, -0.25) is 0 Å². The van der Waals surface area contributed by atoms with Crippen LogP contribution in [0.2, 0.25) is 0 Å². The Kier molecular flexibility index (Phi) is 5.87. The molecule has 0 saturated heterocycles. The minimum absolute atomic E-state index is 0.515. The highest BCUT2D eigenvalue weighted by atomic mass is 35.5. The molecule has 0 aliphatic carbocycles. The molecule has 5 nitrogen and oxygen atoms in total. The predicted molar refractivity (Wildman–Crippen MR) is 131 cm³/mol. The van der Waals surface area contributed by atoms with E-state index in [9.17, 15) is 0 Å². The van der Waals surface area contributed by atoms with Crippen molar-refractivity contribution in [2.24, 2.45) is 7.05 Å². The zero-order valence-corrected chi connectivity index (χ0v) is 18.9. The van der Waals surface area contributed by atoms with E-state index in [1.165, 1.54) is 6.33 Å². The lowest BCUT2D eigenvalue weighted by Crippen LogP contribution is -2.29. The molecular weight excluding hydrogens is 432 g/mol. The van der Waals surface area contributed by atoms with Crippen LogP contribution < -0.4 is 13.7 Å². The lowest BCUT2D eigenvalue weighted by molar-refractivity contribution is -0.660. The number of halogens is 1. The summed E-state index contributed by atoms with van der Waals surface area (Å²) in [7, 11) is 2.03. The van der Waals surface area contributed by atoms with Crippen LogP contribution in [-0.2, 0) is 13.7 Å². The predicted octanol–water partition coefficient (Wildman–Crippen LogP) is 5.99. The molecule has 0 spiro atoms. The van der Waals surface area contributed by atoms with Crippen molar-refractivity contribution in [3.63, 3.8) is 0 Å². The van der Waals surface area contributed by atoms with Gasteiger partial charge in [0.05, 0.1) is 11.2 Å². The molecular formula is C27H22ClN4O+. The summed E-state index contributed by atoms with van der Waals surface area (Å²) in [6.07, 6.45) is 3.56. The van der Waals surface area contributed by atoms with Gasteiger partial charge in [-0.1, -0.05) is 30.3 Å². The Morgan fingerprint density at radius 1 is 0.879 bits per heavy atom. The maximum Gasteiger partial charge on any atom is 0.212 e. The number of hydrogen-bond acceptors (Lipinski definition) is 4. The number of rotatable bonds is 6. The number of ether oxygens (including phenoxy) is 1. The van der Waals surface area contributed by atoms with Crippen LogP contribution in [0.4, 0.5) is 11.5 Å². The Bertz CT molecular complexity index is 1390. The smallest absolute Gasteiger partial charge is 0.212 e. The van der Waals surface area contributed by atoms with Gasteiger partial charge in [-0.15, -0.1) is 0 Å². The van der Waals surface area contributed by atoms with Gasteiger partial charge in [0.15, 0.2) is 12.0 Å². The monoisotopic (exact) mass is 453 g/mol. The maximum atomic E-state index is 6.76. The fourth-order valence-corrected chi connectivity index (χ4v) is 3.97. The van der Waals surface area contributed by atoms with E-state index in [-0.39, 0.29) is 0 Å². The van der Waals surface area contributed by atoms with Gasteiger partial charge in [-0.25, -0.2) is 19.0 Å². The quantitative estimate of drug-likeness (QED) is 0.234. The molecule has 0 bridgehead atoms. The summed E-state index contributed by atoms with van der Waals surface area (Å²) in [5, 5.41) is 0.873. The van der Waals surface area contributed by atoms with Crippen LogP contribution in [0.3, 0.4) is 0 Å². The molecule has 0 aliphatic rings. The molecule has 2 heterocycles. The van der Waals surface area contributed by atoms with Crippen molar-refractivity contribution >= 4 is 34.2 Å². The van der Waals surface area contributed by atoms with E-state index in [1.807, 2.05) is 86.0 Å². The molecule has 0 N–H and O–H groups in total. The molecule has 162 valence electrons. The summed E-state index contributed by atoms with van der Waals surface area (Å²) in [6, 6.07) is 30.0. The largest absolute Gasteiger partial charge is 0.489 e. The van der Waals surface area contributed by atoms with Crippen molar-refractivity contribution in [1.82, 2.24) is 9.97 Å². The number of pyridine rings is 1. The minimum atomic E-state index is 0.515. The summed E-state index contributed by atoms with van der Waals surface area (Å²) in [5.74, 6) is 1.40. The average molecular weight is 454 g/mol. The van der Waals surface area contributed by atoms with E-state index in [4.69, 9.17) is 16.5 Å². The van der Waals surface area contributed by atoms with Crippen molar-refractivity contribution < 1.29 is 9.30 Å². The highest BCUT2D eigenvalue weighted by Crippen LogP contribution is 2.34. The van der Waals surface area contributed by atoms with E-state index < -0.39 is 0 Å². The van der Waals surface area contributed by atoms with Gasteiger partial charge >= 0.3 is 0 Å². The van der Waals surface area contributed by atoms with E-state index in [2.05, 4.69) is 32.7 Å². The zero-order chi connectivity index (χ0) is 22.6. The van der Waals surface area contributed by atoms with Gasteiger partial charge < -0.3 is 4.74 Å². The number of aryl methyl sites for hydroxylation is 1. The highest BCUT2D eigenvalue weighted by molar-refractivity contribution is 6.30. The molecule has 6 heteroatoms. The lowest BCUT2D eigenvalue weighted by atomic mass is 10.1. The number of anilines is 2. The highest BCUT2D eigenvalue weighted by Gasteiger charge is 2.16. The lowest BCUT2D eigenvalue weighted by Gasteiger charge is -2.17. The summed E-state index contributed by atoms with van der Waals surface area (Å²) < 4.78 is 9.53. The van der Waals surface area contributed by atoms with Gasteiger partial charge in [-0.05, 0) is 54.1 Å². The molecule has 0 saturated carbocycles. The fourth-order valence-electron chi connectivity index (χ4n) is 3.72. The van der Waals surface area contributed by atoms with Crippen LogP contribution in [0, 0.1) is 0 Å². The third kappa shape index (κ3) is 4.49. The molecule has 0 unspecified atom stereocenters. The first-order valence-corrected chi connectivity index (χ1v) is 11.0. The van der Waals surface area contributed by atoms with Gasteiger partial charge in [-0.2, -0.15) is 0 Å². The molecule has 33 heavy (non-hydrogen) atoms. The minimum Gasteiger partial charge on any atom is -0.489 e. The third-order valence-electron chi connectivity index (χ3n) is 5.46. The van der Waals surface area contributed by atoms with Crippen LogP contribution in [0.1, 0.15) is 5.56 Å². The van der Waals surface area contributed by atoms with Crippen LogP contribution in [-0.4, -0.2) is 9.97 Å². The summed E-state index contributed by atoms with van der Waals surface area (Å²) in [5.41, 5.74) is 4.90. The summed E-state index contributed by atoms with van der Waals surface area (Å²) in [6.45, 7) is 0.515. The van der Waals surface area contributed by atoms with Crippen molar-refractivity contribution in [1.29, 1.82) is 0 Å². The van der Waals surface area contributed by atoms with Gasteiger partial charge in [0, 0.05) is 34.9 Å². The van der Waals surface area contributed by atoms with Crippen molar-refractivity contribution in [2.75, 3.05) is 4.42 Å². The Balaban J connectivity index is 1.42. The first-order valence-electron chi connectivity index (χ1n) is 10.6. The Labute approximate surface area is 197 Å². The van der Waals surface area contributed by atoms with E-state index in [0.717, 1.165) is 39.2 Å². The molecule has 0 aliphatic heterocycles. The molecule has 2 aromatic heterocycles. The van der Waals surface area contributed by atoms with Crippen LogP contribution in [0.5, 0.6) is 5.75 Å². The molecule has 0 amide bonds. The Hall–Kier alpha value is -3.96. The Morgan fingerprint density at radius 2 is 1.67 bits per heavy atom. The zero-order valence-electron chi connectivity index (χ0n) is 18.1. The van der Waals surface area contributed by atoms with Crippen molar-refractivity contribution in [3.8, 4) is 17.0 Å². The first kappa shape index (κ1) is 20.9. The van der Waals surface area contributed by atoms with E-state index in [0.29, 0.717) is 12.4 Å². The molecule has 3 aromatic carbocycles. The second-order valence-corrected chi connectivity index (χ2v) is 8.01. The maximum absolute atomic E-state index is 6.76. The normalized spacial score (nSPS) is 10.8. The number of hydrogen-bond donors (Lipinski definition) is 0. The third-order valence-corrected chi connectivity index (χ3v) is 5.82. The average Bonchev–Trinajstić information content (AvgIpc) is 2.87. The standard InChI is InChI=1S/C27H22ClN4O/c1-31-16-6-5-9-26(31)21-10-15-25-24(17-21)27(30-19-29-25)32(28)22-11-13-23(14-12-22)33-18-20-7-3-2-4-8-20/h2-17,19H,18H2,1H3/q+1. The SMILES string of the molecule is C[n+]1ccccc1-c1ccc2ncnc(N(Cl)c3ccc(OCc4ccccc4)cc3)c2c1. The van der Waals surface area contributed by atoms with Crippen LogP contribution in [0.15, 0.2) is 104 Å². The first-order chi connectivity index (χ1) is 16.2. The summed E-state index contributed by atoms with van der Waals surface area (Å²) in [4.78, 5) is 8.90. The van der Waals surface area contributed by atoms with Crippen molar-refractivity contribution in [2.45, 2.75) is 6.61 Å². The molecule has 0 atom stereocenters. The van der Waals surface area contributed by atoms with Crippen LogP contribution >= 0.6 is 11.8 Å². The molecule has 0 radical (unpaired) electrons. The van der Waals surface area contributed by atoms with Gasteiger partial charge in [0.2, 0.25) is 5.69 Å². The van der Waals surface area contributed by atoms with E-state index in [1.54, 1.807) is 4.42 Å². The molecule has 5 aromatic rings. The second-order valence-electron chi connectivity index (χ2n) is 7.67. The number of benzene rings is 3. The second kappa shape index (κ2) is 9.27. The topological polar surface area (TPSA) is 42.1 Å². The Morgan fingerprint density at radius 3 is 2.45 bits per heavy atom. The molecule has 0 fully saturated rings. The van der Waals surface area contributed by atoms with E-state index >= 15 is 0 Å². The summed E-state index contributed by atoms with van der Waals surface area (Å²) >= 11 is 6.76.